The van der Waals surface area contributed by atoms with Crippen LogP contribution in [0, 0.1) is 0 Å². The second kappa shape index (κ2) is 11.3. The molecule has 0 fully saturated rings. The first kappa shape index (κ1) is 21.7. The zero-order valence-electron chi connectivity index (χ0n) is 16.1. The minimum absolute atomic E-state index is 0.156. The van der Waals surface area contributed by atoms with Crippen molar-refractivity contribution >= 4 is 29.2 Å². The molecule has 0 saturated carbocycles. The highest BCUT2D eigenvalue weighted by molar-refractivity contribution is 6.31. The monoisotopic (exact) mass is 404 g/mol. The Morgan fingerprint density at radius 3 is 2.43 bits per heavy atom. The molecule has 28 heavy (non-hydrogen) atoms. The van der Waals surface area contributed by atoms with E-state index in [9.17, 15) is 9.59 Å². The molecule has 2 aromatic rings. The summed E-state index contributed by atoms with van der Waals surface area (Å²) in [5.41, 5.74) is 1.65. The Balaban J connectivity index is 1.96. The fraction of sp³-hybridized carbons (Fsp3) is 0.333. The molecule has 2 aromatic carbocycles. The average molecular weight is 405 g/mol. The minimum Gasteiger partial charge on any atom is -0.495 e. The molecule has 6 nitrogen and oxygen atoms in total. The lowest BCUT2D eigenvalue weighted by atomic mass is 10.2. The predicted molar refractivity (Wildman–Crippen MR) is 110 cm³/mol. The Kier molecular flexibility index (Phi) is 8.78. The molecule has 1 amide bonds. The maximum Gasteiger partial charge on any atom is 0.306 e. The van der Waals surface area contributed by atoms with Crippen LogP contribution in [0.1, 0.15) is 18.4 Å². The van der Waals surface area contributed by atoms with E-state index in [4.69, 9.17) is 21.1 Å². The molecule has 2 rings (SSSR count). The van der Waals surface area contributed by atoms with E-state index in [1.54, 1.807) is 18.2 Å². The van der Waals surface area contributed by atoms with Crippen LogP contribution in [0.25, 0.3) is 0 Å². The number of nitrogens with zero attached hydrogens (tertiary/aromatic N) is 1. The van der Waals surface area contributed by atoms with Crippen molar-refractivity contribution in [2.45, 2.75) is 19.4 Å². The Morgan fingerprint density at radius 1 is 1.04 bits per heavy atom. The van der Waals surface area contributed by atoms with Gasteiger partial charge in [-0.1, -0.05) is 41.9 Å². The van der Waals surface area contributed by atoms with Crippen molar-refractivity contribution in [3.05, 3.63) is 59.1 Å². The Labute approximate surface area is 170 Å². The highest BCUT2D eigenvalue weighted by Gasteiger charge is 2.13. The molecule has 0 unspecified atom stereocenters. The highest BCUT2D eigenvalue weighted by atomic mass is 35.5. The molecule has 0 aromatic heterocycles. The molecular formula is C21H25ClN2O4. The highest BCUT2D eigenvalue weighted by Crippen LogP contribution is 2.27. The maximum atomic E-state index is 12.4. The van der Waals surface area contributed by atoms with Gasteiger partial charge in [-0.25, -0.2) is 0 Å². The molecule has 0 heterocycles. The lowest BCUT2D eigenvalue weighted by molar-refractivity contribution is -0.141. The molecule has 0 radical (unpaired) electrons. The summed E-state index contributed by atoms with van der Waals surface area (Å²) in [5.74, 6) is 0.118. The van der Waals surface area contributed by atoms with Crippen molar-refractivity contribution < 1.29 is 19.1 Å². The van der Waals surface area contributed by atoms with Crippen LogP contribution in [0.5, 0.6) is 5.75 Å². The third kappa shape index (κ3) is 7.21. The van der Waals surface area contributed by atoms with Gasteiger partial charge in [-0.3, -0.25) is 14.5 Å². The van der Waals surface area contributed by atoms with E-state index < -0.39 is 0 Å². The first-order valence-corrected chi connectivity index (χ1v) is 9.36. The number of methoxy groups -OCH3 is 2. The van der Waals surface area contributed by atoms with Gasteiger partial charge < -0.3 is 14.8 Å². The van der Waals surface area contributed by atoms with Crippen LogP contribution in [0.3, 0.4) is 0 Å². The topological polar surface area (TPSA) is 67.9 Å². The zero-order chi connectivity index (χ0) is 20.4. The molecule has 0 spiro atoms. The number of anilines is 1. The standard InChI is InChI=1S/C21H25ClN2O4/c1-27-19-9-8-17(22)14-18(19)23-20(25)10-12-24(13-11-21(26)28-2)15-16-6-4-3-5-7-16/h3-9,14H,10-13,15H2,1-2H3,(H,23,25). The van der Waals surface area contributed by atoms with Crippen LogP contribution in [0.2, 0.25) is 5.02 Å². The summed E-state index contributed by atoms with van der Waals surface area (Å²) >= 11 is 6.00. The smallest absolute Gasteiger partial charge is 0.306 e. The number of halogens is 1. The van der Waals surface area contributed by atoms with E-state index in [2.05, 4.69) is 10.2 Å². The molecule has 1 N–H and O–H groups in total. The molecule has 0 aliphatic rings. The number of esters is 1. The molecular weight excluding hydrogens is 380 g/mol. The Morgan fingerprint density at radius 2 is 1.75 bits per heavy atom. The fourth-order valence-electron chi connectivity index (χ4n) is 2.71. The van der Waals surface area contributed by atoms with E-state index >= 15 is 0 Å². The lowest BCUT2D eigenvalue weighted by Gasteiger charge is -2.22. The largest absolute Gasteiger partial charge is 0.495 e. The van der Waals surface area contributed by atoms with Crippen LogP contribution in [0.15, 0.2) is 48.5 Å². The van der Waals surface area contributed by atoms with Gasteiger partial charge in [0.2, 0.25) is 5.91 Å². The number of nitrogens with one attached hydrogen (secondary N) is 1. The van der Waals surface area contributed by atoms with Crippen molar-refractivity contribution in [2.24, 2.45) is 0 Å². The van der Waals surface area contributed by atoms with Crippen LogP contribution in [0.4, 0.5) is 5.69 Å². The lowest BCUT2D eigenvalue weighted by Crippen LogP contribution is -2.30. The number of rotatable bonds is 10. The van der Waals surface area contributed by atoms with Gasteiger partial charge >= 0.3 is 5.97 Å². The average Bonchev–Trinajstić information content (AvgIpc) is 2.70. The summed E-state index contributed by atoms with van der Waals surface area (Å²) in [6.45, 7) is 1.65. The Bertz CT molecular complexity index is 783. The maximum absolute atomic E-state index is 12.4. The van der Waals surface area contributed by atoms with Crippen LogP contribution in [-0.4, -0.2) is 44.1 Å². The molecule has 0 saturated heterocycles. The van der Waals surface area contributed by atoms with Gasteiger partial charge in [0.1, 0.15) is 5.75 Å². The predicted octanol–water partition coefficient (Wildman–Crippen LogP) is 3.74. The molecule has 0 bridgehead atoms. The quantitative estimate of drug-likeness (QED) is 0.611. The van der Waals surface area contributed by atoms with Crippen molar-refractivity contribution in [3.8, 4) is 5.75 Å². The van der Waals surface area contributed by atoms with E-state index in [1.807, 2.05) is 30.3 Å². The van der Waals surface area contributed by atoms with Gasteiger partial charge in [-0.2, -0.15) is 0 Å². The van der Waals surface area contributed by atoms with E-state index in [0.717, 1.165) is 5.56 Å². The van der Waals surface area contributed by atoms with E-state index in [0.29, 0.717) is 36.1 Å². The van der Waals surface area contributed by atoms with E-state index in [1.165, 1.54) is 14.2 Å². The molecule has 0 atom stereocenters. The molecule has 150 valence electrons. The number of carbonyl (C=O) groups is 2. The van der Waals surface area contributed by atoms with Gasteiger partial charge in [-0.15, -0.1) is 0 Å². The number of amides is 1. The van der Waals surface area contributed by atoms with Crippen LogP contribution in [-0.2, 0) is 20.9 Å². The van der Waals surface area contributed by atoms with Gasteiger partial charge in [0, 0.05) is 31.1 Å². The number of hydrogen-bond acceptors (Lipinski definition) is 5. The van der Waals surface area contributed by atoms with Gasteiger partial charge in [0.15, 0.2) is 0 Å². The summed E-state index contributed by atoms with van der Waals surface area (Å²) in [5, 5.41) is 3.34. The number of hydrogen-bond donors (Lipinski definition) is 1. The SMILES string of the molecule is COC(=O)CCN(CCC(=O)Nc1cc(Cl)ccc1OC)Cc1ccccc1. The number of ether oxygens (including phenoxy) is 2. The second-order valence-electron chi connectivity index (χ2n) is 6.23. The summed E-state index contributed by atoms with van der Waals surface area (Å²) in [7, 11) is 2.91. The van der Waals surface area contributed by atoms with Gasteiger partial charge in [0.25, 0.3) is 0 Å². The molecule has 0 aliphatic heterocycles. The first-order valence-electron chi connectivity index (χ1n) is 8.98. The Hall–Kier alpha value is -2.57. The summed E-state index contributed by atoms with van der Waals surface area (Å²) in [6.07, 6.45) is 0.538. The summed E-state index contributed by atoms with van der Waals surface area (Å²) in [6, 6.07) is 15.0. The van der Waals surface area contributed by atoms with Crippen LogP contribution < -0.4 is 10.1 Å². The van der Waals surface area contributed by atoms with Crippen molar-refractivity contribution in [2.75, 3.05) is 32.6 Å². The van der Waals surface area contributed by atoms with Crippen molar-refractivity contribution in [1.29, 1.82) is 0 Å². The third-order valence-corrected chi connectivity index (χ3v) is 4.43. The van der Waals surface area contributed by atoms with Gasteiger partial charge in [-0.05, 0) is 23.8 Å². The normalized spacial score (nSPS) is 10.6. The minimum atomic E-state index is -0.272. The zero-order valence-corrected chi connectivity index (χ0v) is 16.9. The van der Waals surface area contributed by atoms with Gasteiger partial charge in [0.05, 0.1) is 26.3 Å². The number of benzene rings is 2. The molecule has 7 heteroatoms. The summed E-state index contributed by atoms with van der Waals surface area (Å²) in [4.78, 5) is 26.0. The van der Waals surface area contributed by atoms with Crippen molar-refractivity contribution in [3.63, 3.8) is 0 Å². The second-order valence-corrected chi connectivity index (χ2v) is 6.67. The van der Waals surface area contributed by atoms with E-state index in [-0.39, 0.29) is 24.7 Å². The molecule has 0 aliphatic carbocycles. The van der Waals surface area contributed by atoms with Crippen molar-refractivity contribution in [1.82, 2.24) is 4.90 Å². The fourth-order valence-corrected chi connectivity index (χ4v) is 2.89. The number of carbonyl (C=O) groups excluding carboxylic acids is 2. The third-order valence-electron chi connectivity index (χ3n) is 4.20. The summed E-state index contributed by atoms with van der Waals surface area (Å²) < 4.78 is 9.97. The van der Waals surface area contributed by atoms with Crippen LogP contribution >= 0.6 is 11.6 Å². The first-order chi connectivity index (χ1) is 13.5.